The lowest BCUT2D eigenvalue weighted by molar-refractivity contribution is -0.118. The molecule has 1 aromatic rings. The Morgan fingerprint density at radius 3 is 2.70 bits per heavy atom. The lowest BCUT2D eigenvalue weighted by atomic mass is 10.2. The molecule has 0 spiro atoms. The van der Waals surface area contributed by atoms with Crippen LogP contribution in [-0.2, 0) is 9.53 Å². The fourth-order valence-corrected chi connectivity index (χ4v) is 2.64. The normalized spacial score (nSPS) is 26.5. The highest BCUT2D eigenvalue weighted by molar-refractivity contribution is 6.49. The van der Waals surface area contributed by atoms with Crippen molar-refractivity contribution in [3.05, 3.63) is 22.7 Å². The van der Waals surface area contributed by atoms with Gasteiger partial charge in [0.2, 0.25) is 5.91 Å². The van der Waals surface area contributed by atoms with Crippen LogP contribution in [0.5, 0.6) is 0 Å². The fraction of sp³-hybridized carbons (Fsp3) is 0.615. The molecule has 0 aliphatic carbocycles. The molecular weight excluding hydrogens is 349 g/mol. The number of hydrogen-bond acceptors (Lipinski definition) is 6. The van der Waals surface area contributed by atoms with E-state index in [-0.39, 0.29) is 17.6 Å². The van der Waals surface area contributed by atoms with E-state index in [1.807, 2.05) is 0 Å². The molecule has 0 unspecified atom stereocenters. The molecule has 128 valence electrons. The lowest BCUT2D eigenvalue weighted by Gasteiger charge is -2.24. The first-order valence-electron chi connectivity index (χ1n) is 6.90. The van der Waals surface area contributed by atoms with Crippen LogP contribution in [0.4, 0.5) is 5.82 Å². The maximum Gasteiger partial charge on any atom is 0.351 e. The van der Waals surface area contributed by atoms with Gasteiger partial charge < -0.3 is 20.3 Å². The zero-order chi connectivity index (χ0) is 17.4. The molecule has 0 saturated carbocycles. The van der Waals surface area contributed by atoms with Crippen LogP contribution < -0.4 is 11.0 Å². The second kappa shape index (κ2) is 6.74. The number of ether oxygens (including phenoxy) is 1. The Kier molecular flexibility index (Phi) is 5.32. The Morgan fingerprint density at radius 1 is 1.57 bits per heavy atom. The summed E-state index contributed by atoms with van der Waals surface area (Å²) in [7, 11) is 0. The van der Waals surface area contributed by atoms with E-state index in [0.29, 0.717) is 0 Å². The van der Waals surface area contributed by atoms with Crippen LogP contribution in [0.1, 0.15) is 20.1 Å². The minimum absolute atomic E-state index is 0.0805. The monoisotopic (exact) mass is 365 g/mol. The number of rotatable bonds is 4. The van der Waals surface area contributed by atoms with Crippen LogP contribution in [0.15, 0.2) is 17.1 Å². The largest absolute Gasteiger partial charge is 0.394 e. The van der Waals surface area contributed by atoms with Crippen LogP contribution in [0.2, 0.25) is 0 Å². The van der Waals surface area contributed by atoms with Crippen molar-refractivity contribution in [2.24, 2.45) is 5.92 Å². The molecule has 1 aliphatic heterocycles. The van der Waals surface area contributed by atoms with Crippen molar-refractivity contribution in [3.8, 4) is 0 Å². The van der Waals surface area contributed by atoms with E-state index in [1.165, 1.54) is 12.3 Å². The van der Waals surface area contributed by atoms with Crippen LogP contribution in [0, 0.1) is 5.92 Å². The highest BCUT2D eigenvalue weighted by Gasteiger charge is 2.55. The summed E-state index contributed by atoms with van der Waals surface area (Å²) in [5.41, 5.74) is -0.770. The number of amides is 1. The molecule has 2 heterocycles. The summed E-state index contributed by atoms with van der Waals surface area (Å²) < 4.78 is 4.49. The molecule has 3 N–H and O–H groups in total. The van der Waals surface area contributed by atoms with E-state index in [4.69, 9.17) is 33.0 Å². The Hall–Kier alpha value is -1.19. The number of carbonyl (C=O) groups excluding carboxylic acids is 1. The SMILES string of the molecule is CC(C)C(=O)Nc1ccn([C@@H]2O[C@H](CO)[C@@H](O)C2(Cl)Cl)c(=O)n1. The first kappa shape index (κ1) is 18.2. The number of carbonyl (C=O) groups is 1. The number of aliphatic hydroxyl groups excluding tert-OH is 2. The van der Waals surface area contributed by atoms with Gasteiger partial charge in [-0.15, -0.1) is 0 Å². The maximum absolute atomic E-state index is 12.1. The van der Waals surface area contributed by atoms with Gasteiger partial charge in [0.05, 0.1) is 6.61 Å². The summed E-state index contributed by atoms with van der Waals surface area (Å²) in [5, 5.41) is 21.6. The van der Waals surface area contributed by atoms with E-state index < -0.39 is 35.1 Å². The molecule has 3 atom stereocenters. The predicted octanol–water partition coefficient (Wildman–Crippen LogP) is 0.262. The summed E-state index contributed by atoms with van der Waals surface area (Å²) in [5.74, 6) is -0.472. The first-order chi connectivity index (χ1) is 10.7. The van der Waals surface area contributed by atoms with Gasteiger partial charge in [-0.3, -0.25) is 9.36 Å². The first-order valence-corrected chi connectivity index (χ1v) is 7.66. The number of nitrogens with one attached hydrogen (secondary N) is 1. The van der Waals surface area contributed by atoms with Crippen molar-refractivity contribution < 1.29 is 19.7 Å². The molecule has 1 saturated heterocycles. The highest BCUT2D eigenvalue weighted by Crippen LogP contribution is 2.45. The van der Waals surface area contributed by atoms with Crippen LogP contribution in [0.3, 0.4) is 0 Å². The second-order valence-corrected chi connectivity index (χ2v) is 6.92. The molecule has 1 amide bonds. The molecule has 1 aliphatic rings. The maximum atomic E-state index is 12.1. The number of anilines is 1. The van der Waals surface area contributed by atoms with Gasteiger partial charge in [-0.25, -0.2) is 4.79 Å². The van der Waals surface area contributed by atoms with Gasteiger partial charge in [-0.2, -0.15) is 4.98 Å². The van der Waals surface area contributed by atoms with E-state index in [1.54, 1.807) is 13.8 Å². The van der Waals surface area contributed by atoms with Crippen molar-refractivity contribution >= 4 is 34.9 Å². The van der Waals surface area contributed by atoms with Crippen LogP contribution in [-0.4, -0.2) is 48.8 Å². The lowest BCUT2D eigenvalue weighted by Crippen LogP contribution is -2.40. The molecule has 10 heteroatoms. The molecule has 8 nitrogen and oxygen atoms in total. The Morgan fingerprint density at radius 2 is 2.22 bits per heavy atom. The zero-order valence-corrected chi connectivity index (χ0v) is 14.0. The average molecular weight is 366 g/mol. The van der Waals surface area contributed by atoms with Gasteiger partial charge in [0, 0.05) is 12.1 Å². The fourth-order valence-electron chi connectivity index (χ4n) is 2.05. The summed E-state index contributed by atoms with van der Waals surface area (Å²) in [6.07, 6.45) is -2.34. The third kappa shape index (κ3) is 3.51. The summed E-state index contributed by atoms with van der Waals surface area (Å²) in [6.45, 7) is 2.90. The number of hydrogen-bond donors (Lipinski definition) is 3. The Bertz CT molecular complexity index is 649. The minimum atomic E-state index is -1.83. The van der Waals surface area contributed by atoms with Crippen LogP contribution >= 0.6 is 23.2 Å². The number of aromatic nitrogens is 2. The third-order valence-electron chi connectivity index (χ3n) is 3.42. The standard InChI is InChI=1S/C13H17Cl2N3O5/c1-6(2)10(21)16-8-3-4-18(12(22)17-8)11-13(14,15)9(20)7(5-19)23-11/h3-4,6-7,9,11,19-20H,5H2,1-2H3,(H,16,17,21,22)/t7-,9-,11-/m1/s1. The third-order valence-corrected chi connectivity index (χ3v) is 4.24. The molecule has 1 fully saturated rings. The number of halogens is 2. The zero-order valence-electron chi connectivity index (χ0n) is 12.4. The van der Waals surface area contributed by atoms with Crippen molar-refractivity contribution in [2.75, 3.05) is 11.9 Å². The predicted molar refractivity (Wildman–Crippen MR) is 83.4 cm³/mol. The molecule has 23 heavy (non-hydrogen) atoms. The van der Waals surface area contributed by atoms with Gasteiger partial charge in [0.25, 0.3) is 0 Å². The molecule has 1 aromatic heterocycles. The second-order valence-electron chi connectivity index (χ2n) is 5.48. The molecule has 2 rings (SSSR count). The van der Waals surface area contributed by atoms with Gasteiger partial charge in [0.15, 0.2) is 10.6 Å². The smallest absolute Gasteiger partial charge is 0.351 e. The minimum Gasteiger partial charge on any atom is -0.394 e. The van der Waals surface area contributed by atoms with Crippen molar-refractivity contribution in [1.29, 1.82) is 0 Å². The highest BCUT2D eigenvalue weighted by atomic mass is 35.5. The van der Waals surface area contributed by atoms with E-state index in [9.17, 15) is 14.7 Å². The summed E-state index contributed by atoms with van der Waals surface area (Å²) in [6, 6.07) is 1.38. The molecule has 0 radical (unpaired) electrons. The molecular formula is C13H17Cl2N3O5. The number of nitrogens with zero attached hydrogens (tertiary/aromatic N) is 2. The molecule has 0 aromatic carbocycles. The molecule has 0 bridgehead atoms. The van der Waals surface area contributed by atoms with Gasteiger partial charge in [-0.1, -0.05) is 37.0 Å². The average Bonchev–Trinajstić information content (AvgIpc) is 2.70. The summed E-state index contributed by atoms with van der Waals surface area (Å²) >= 11 is 12.1. The quantitative estimate of drug-likeness (QED) is 0.659. The number of alkyl halides is 2. The summed E-state index contributed by atoms with van der Waals surface area (Å²) in [4.78, 5) is 27.4. The topological polar surface area (TPSA) is 114 Å². The van der Waals surface area contributed by atoms with E-state index >= 15 is 0 Å². The van der Waals surface area contributed by atoms with E-state index in [0.717, 1.165) is 4.57 Å². The van der Waals surface area contributed by atoms with Gasteiger partial charge in [-0.05, 0) is 6.07 Å². The number of aliphatic hydroxyl groups is 2. The van der Waals surface area contributed by atoms with Crippen molar-refractivity contribution in [1.82, 2.24) is 9.55 Å². The van der Waals surface area contributed by atoms with E-state index in [2.05, 4.69) is 10.3 Å². The Labute approximate surface area is 142 Å². The Balaban J connectivity index is 2.28. The van der Waals surface area contributed by atoms with Crippen molar-refractivity contribution in [3.63, 3.8) is 0 Å². The van der Waals surface area contributed by atoms with Crippen molar-refractivity contribution in [2.45, 2.75) is 36.6 Å². The van der Waals surface area contributed by atoms with Gasteiger partial charge in [0.1, 0.15) is 18.0 Å². The van der Waals surface area contributed by atoms with Crippen LogP contribution in [0.25, 0.3) is 0 Å². The van der Waals surface area contributed by atoms with Gasteiger partial charge >= 0.3 is 5.69 Å².